The van der Waals surface area contributed by atoms with Gasteiger partial charge >= 0.3 is 0 Å². The molecule has 0 aliphatic carbocycles. The van der Waals surface area contributed by atoms with Gasteiger partial charge in [0.15, 0.2) is 0 Å². The molecule has 3 aromatic carbocycles. The topological polar surface area (TPSA) is 28.7 Å². The molecule has 1 heterocycles. The van der Waals surface area contributed by atoms with Gasteiger partial charge in [-0.15, -0.1) is 0 Å². The molecule has 0 unspecified atom stereocenters. The van der Waals surface area contributed by atoms with Crippen LogP contribution < -0.4 is 0 Å². The number of hydrogen-bond acceptors (Lipinski definition) is 1. The Bertz CT molecular complexity index is 1140. The lowest BCUT2D eigenvalue weighted by Crippen LogP contribution is -2.00. The van der Waals surface area contributed by atoms with Crippen LogP contribution in [0.1, 0.15) is 16.7 Å². The standard InChI is InChI=1S/C21H14BrFN2/c1-12-3-5-19-15(7-12)16-8-13(2)4-6-20(16)25(19)21-10-14(22)9-18(23)17(21)11-24/h3-10H,1-2H3. The van der Waals surface area contributed by atoms with Crippen LogP contribution in [0.25, 0.3) is 27.5 Å². The highest BCUT2D eigenvalue weighted by atomic mass is 79.9. The molecule has 0 spiro atoms. The average Bonchev–Trinajstić information content (AvgIpc) is 2.87. The Kier molecular flexibility index (Phi) is 3.63. The molecule has 122 valence electrons. The van der Waals surface area contributed by atoms with Crippen molar-refractivity contribution in [3.05, 3.63) is 75.5 Å². The number of aromatic nitrogens is 1. The first-order valence-electron chi connectivity index (χ1n) is 7.90. The van der Waals surface area contributed by atoms with Gasteiger partial charge < -0.3 is 4.57 Å². The van der Waals surface area contributed by atoms with E-state index in [1.54, 1.807) is 6.07 Å². The first-order valence-corrected chi connectivity index (χ1v) is 8.70. The number of nitrogens with zero attached hydrogens (tertiary/aromatic N) is 2. The number of rotatable bonds is 1. The van der Waals surface area contributed by atoms with Crippen LogP contribution in [-0.2, 0) is 0 Å². The van der Waals surface area contributed by atoms with E-state index in [0.717, 1.165) is 32.9 Å². The lowest BCUT2D eigenvalue weighted by molar-refractivity contribution is 0.622. The van der Waals surface area contributed by atoms with E-state index >= 15 is 0 Å². The summed E-state index contributed by atoms with van der Waals surface area (Å²) in [5.41, 5.74) is 4.83. The smallest absolute Gasteiger partial charge is 0.144 e. The van der Waals surface area contributed by atoms with Crippen LogP contribution in [0.4, 0.5) is 4.39 Å². The summed E-state index contributed by atoms with van der Waals surface area (Å²) in [6.07, 6.45) is 0. The predicted molar refractivity (Wildman–Crippen MR) is 103 cm³/mol. The fraction of sp³-hybridized carbons (Fsp3) is 0.0952. The molecule has 0 radical (unpaired) electrons. The molecule has 1 aromatic heterocycles. The average molecular weight is 393 g/mol. The van der Waals surface area contributed by atoms with E-state index < -0.39 is 5.82 Å². The summed E-state index contributed by atoms with van der Waals surface area (Å²) in [6, 6.07) is 17.5. The molecule has 4 rings (SSSR count). The van der Waals surface area contributed by atoms with Crippen molar-refractivity contribution in [1.29, 1.82) is 5.26 Å². The number of nitriles is 1. The van der Waals surface area contributed by atoms with Crippen molar-refractivity contribution >= 4 is 37.7 Å². The summed E-state index contributed by atoms with van der Waals surface area (Å²) in [6.45, 7) is 4.11. The van der Waals surface area contributed by atoms with Gasteiger partial charge in [-0.25, -0.2) is 4.39 Å². The first-order chi connectivity index (χ1) is 12.0. The summed E-state index contributed by atoms with van der Waals surface area (Å²) in [5.74, 6) is -0.527. The molecule has 0 saturated heterocycles. The van der Waals surface area contributed by atoms with E-state index in [1.807, 2.05) is 34.9 Å². The SMILES string of the molecule is Cc1ccc2c(c1)c1cc(C)ccc1n2-c1cc(Br)cc(F)c1C#N. The highest BCUT2D eigenvalue weighted by Crippen LogP contribution is 2.35. The fourth-order valence-electron chi connectivity index (χ4n) is 3.36. The lowest BCUT2D eigenvalue weighted by Gasteiger charge is -2.11. The van der Waals surface area contributed by atoms with Crippen LogP contribution in [0.5, 0.6) is 0 Å². The number of halogens is 2. The Morgan fingerprint density at radius 3 is 2.00 bits per heavy atom. The van der Waals surface area contributed by atoms with Gasteiger partial charge in [-0.1, -0.05) is 39.2 Å². The second kappa shape index (κ2) is 5.72. The molecule has 0 amide bonds. The second-order valence-electron chi connectivity index (χ2n) is 6.27. The summed E-state index contributed by atoms with van der Waals surface area (Å²) in [5, 5.41) is 11.7. The van der Waals surface area contributed by atoms with Crippen LogP contribution in [-0.4, -0.2) is 4.57 Å². The van der Waals surface area contributed by atoms with Crippen LogP contribution >= 0.6 is 15.9 Å². The molecule has 0 bridgehead atoms. The molecule has 2 nitrogen and oxygen atoms in total. The first kappa shape index (κ1) is 15.9. The summed E-state index contributed by atoms with van der Waals surface area (Å²) in [7, 11) is 0. The van der Waals surface area contributed by atoms with E-state index in [1.165, 1.54) is 6.07 Å². The molecule has 4 aromatic rings. The zero-order valence-electron chi connectivity index (χ0n) is 13.8. The number of hydrogen-bond donors (Lipinski definition) is 0. The molecule has 4 heteroatoms. The Labute approximate surface area is 153 Å². The highest BCUT2D eigenvalue weighted by Gasteiger charge is 2.18. The molecular weight excluding hydrogens is 379 g/mol. The minimum absolute atomic E-state index is 0.0446. The van der Waals surface area contributed by atoms with Crippen molar-refractivity contribution < 1.29 is 4.39 Å². The van der Waals surface area contributed by atoms with Crippen molar-refractivity contribution in [3.8, 4) is 11.8 Å². The van der Waals surface area contributed by atoms with Crippen molar-refractivity contribution in [2.24, 2.45) is 0 Å². The maximum absolute atomic E-state index is 14.4. The maximum atomic E-state index is 14.4. The largest absolute Gasteiger partial charge is 0.308 e. The van der Waals surface area contributed by atoms with E-state index in [4.69, 9.17) is 0 Å². The molecule has 0 N–H and O–H groups in total. The third kappa shape index (κ3) is 2.43. The maximum Gasteiger partial charge on any atom is 0.144 e. The van der Waals surface area contributed by atoms with Crippen molar-refractivity contribution in [3.63, 3.8) is 0 Å². The van der Waals surface area contributed by atoms with Gasteiger partial charge in [0.1, 0.15) is 17.4 Å². The van der Waals surface area contributed by atoms with E-state index in [-0.39, 0.29) is 5.56 Å². The Hall–Kier alpha value is -2.64. The zero-order valence-corrected chi connectivity index (χ0v) is 15.4. The lowest BCUT2D eigenvalue weighted by atomic mass is 10.1. The predicted octanol–water partition coefficient (Wildman–Crippen LogP) is 6.17. The molecule has 0 atom stereocenters. The number of fused-ring (bicyclic) bond motifs is 3. The van der Waals surface area contributed by atoms with Crippen molar-refractivity contribution in [1.82, 2.24) is 4.57 Å². The van der Waals surface area contributed by atoms with E-state index in [9.17, 15) is 9.65 Å². The summed E-state index contributed by atoms with van der Waals surface area (Å²) in [4.78, 5) is 0. The summed E-state index contributed by atoms with van der Waals surface area (Å²) >= 11 is 3.35. The third-order valence-electron chi connectivity index (χ3n) is 4.46. The molecule has 0 saturated carbocycles. The number of benzene rings is 3. The van der Waals surface area contributed by atoms with Crippen LogP contribution in [0.3, 0.4) is 0 Å². The van der Waals surface area contributed by atoms with Crippen molar-refractivity contribution in [2.45, 2.75) is 13.8 Å². The van der Waals surface area contributed by atoms with Crippen molar-refractivity contribution in [2.75, 3.05) is 0 Å². The summed E-state index contributed by atoms with van der Waals surface area (Å²) < 4.78 is 16.9. The highest BCUT2D eigenvalue weighted by molar-refractivity contribution is 9.10. The third-order valence-corrected chi connectivity index (χ3v) is 4.92. The normalized spacial score (nSPS) is 11.2. The Morgan fingerprint density at radius 1 is 0.920 bits per heavy atom. The molecule has 0 aliphatic rings. The van der Waals surface area contributed by atoms with E-state index in [0.29, 0.717) is 10.2 Å². The monoisotopic (exact) mass is 392 g/mol. The van der Waals surface area contributed by atoms with Gasteiger partial charge in [-0.05, 0) is 50.2 Å². The van der Waals surface area contributed by atoms with Gasteiger partial charge in [-0.2, -0.15) is 5.26 Å². The molecule has 0 aliphatic heterocycles. The van der Waals surface area contributed by atoms with Crippen LogP contribution in [0.2, 0.25) is 0 Å². The molecular formula is C21H14BrFN2. The fourth-order valence-corrected chi connectivity index (χ4v) is 3.78. The van der Waals surface area contributed by atoms with Crippen LogP contribution in [0.15, 0.2) is 53.0 Å². The Morgan fingerprint density at radius 2 is 1.48 bits per heavy atom. The minimum Gasteiger partial charge on any atom is -0.308 e. The quantitative estimate of drug-likeness (QED) is 0.380. The van der Waals surface area contributed by atoms with Gasteiger partial charge in [0, 0.05) is 15.2 Å². The zero-order chi connectivity index (χ0) is 17.7. The molecule has 0 fully saturated rings. The Balaban J connectivity index is 2.25. The minimum atomic E-state index is -0.527. The van der Waals surface area contributed by atoms with Crippen LogP contribution in [0, 0.1) is 31.0 Å². The second-order valence-corrected chi connectivity index (χ2v) is 7.19. The van der Waals surface area contributed by atoms with Gasteiger partial charge in [0.25, 0.3) is 0 Å². The van der Waals surface area contributed by atoms with Gasteiger partial charge in [0.2, 0.25) is 0 Å². The number of aryl methyl sites for hydroxylation is 2. The van der Waals surface area contributed by atoms with Gasteiger partial charge in [0.05, 0.1) is 16.7 Å². The van der Waals surface area contributed by atoms with E-state index in [2.05, 4.69) is 41.9 Å². The van der Waals surface area contributed by atoms with Gasteiger partial charge in [-0.3, -0.25) is 0 Å². The molecule has 25 heavy (non-hydrogen) atoms.